The van der Waals surface area contributed by atoms with E-state index in [9.17, 15) is 4.79 Å². The van der Waals surface area contributed by atoms with Crippen LogP contribution in [-0.2, 0) is 6.42 Å². The van der Waals surface area contributed by atoms with Crippen molar-refractivity contribution in [1.82, 2.24) is 10.3 Å². The molecule has 1 heterocycles. The first-order valence-corrected chi connectivity index (χ1v) is 4.08. The van der Waals surface area contributed by atoms with Gasteiger partial charge in [-0.05, 0) is 19.1 Å². The first-order valence-electron chi connectivity index (χ1n) is 4.08. The number of pyridine rings is 1. The lowest BCUT2D eigenvalue weighted by Crippen LogP contribution is -2.32. The zero-order chi connectivity index (χ0) is 9.68. The van der Waals surface area contributed by atoms with Crippen molar-refractivity contribution in [3.05, 3.63) is 30.1 Å². The molecule has 0 aliphatic carbocycles. The molecule has 1 aromatic heterocycles. The third-order valence-corrected chi connectivity index (χ3v) is 1.61. The fraction of sp³-hybridized carbons (Fsp3) is 0.333. The summed E-state index contributed by atoms with van der Waals surface area (Å²) in [4.78, 5) is 14.4. The summed E-state index contributed by atoms with van der Waals surface area (Å²) < 4.78 is 0. The fourth-order valence-corrected chi connectivity index (χ4v) is 1.09. The van der Waals surface area contributed by atoms with Gasteiger partial charge in [-0.25, -0.2) is 4.79 Å². The molecule has 1 atom stereocenters. The molecule has 1 amide bonds. The Balaban J connectivity index is 2.45. The standard InChI is InChI=1S/C9H12N2O2/c1-7(11-9(12)13)6-8-4-2-3-5-10-8/h2-5,7,11H,6H2,1H3,(H,12,13)/t7-/m1/s1. The van der Waals surface area contributed by atoms with Crippen LogP contribution in [-0.4, -0.2) is 22.2 Å². The van der Waals surface area contributed by atoms with Gasteiger partial charge in [-0.2, -0.15) is 0 Å². The van der Waals surface area contributed by atoms with Crippen LogP contribution in [0, 0.1) is 0 Å². The minimum atomic E-state index is -0.997. The normalized spacial score (nSPS) is 12.1. The lowest BCUT2D eigenvalue weighted by molar-refractivity contribution is 0.190. The van der Waals surface area contributed by atoms with Gasteiger partial charge in [-0.3, -0.25) is 4.98 Å². The van der Waals surface area contributed by atoms with Gasteiger partial charge >= 0.3 is 6.09 Å². The number of nitrogens with one attached hydrogen (secondary N) is 1. The molecule has 0 aliphatic heterocycles. The molecule has 70 valence electrons. The number of carboxylic acid groups (broad SMARTS) is 1. The molecule has 1 aromatic rings. The molecule has 0 spiro atoms. The van der Waals surface area contributed by atoms with Crippen molar-refractivity contribution in [3.63, 3.8) is 0 Å². The Bertz CT molecular complexity index is 274. The molecule has 0 bridgehead atoms. The Kier molecular flexibility index (Phi) is 3.25. The van der Waals surface area contributed by atoms with Crippen molar-refractivity contribution in [3.8, 4) is 0 Å². The first kappa shape index (κ1) is 9.51. The van der Waals surface area contributed by atoms with Gasteiger partial charge in [-0.1, -0.05) is 6.07 Å². The first-order chi connectivity index (χ1) is 6.18. The largest absolute Gasteiger partial charge is 0.465 e. The summed E-state index contributed by atoms with van der Waals surface area (Å²) in [6.07, 6.45) is 1.32. The Labute approximate surface area is 76.6 Å². The highest BCUT2D eigenvalue weighted by Gasteiger charge is 2.05. The number of hydrogen-bond acceptors (Lipinski definition) is 2. The van der Waals surface area contributed by atoms with Crippen molar-refractivity contribution in [1.29, 1.82) is 0 Å². The average molecular weight is 180 g/mol. The minimum absolute atomic E-state index is 0.104. The van der Waals surface area contributed by atoms with E-state index in [0.29, 0.717) is 6.42 Å². The van der Waals surface area contributed by atoms with Crippen LogP contribution < -0.4 is 5.32 Å². The maximum Gasteiger partial charge on any atom is 0.404 e. The van der Waals surface area contributed by atoms with E-state index in [1.807, 2.05) is 25.1 Å². The minimum Gasteiger partial charge on any atom is -0.465 e. The second-order valence-corrected chi connectivity index (χ2v) is 2.88. The average Bonchev–Trinajstić information content (AvgIpc) is 2.04. The highest BCUT2D eigenvalue weighted by molar-refractivity contribution is 5.64. The summed E-state index contributed by atoms with van der Waals surface area (Å²) in [7, 11) is 0. The predicted molar refractivity (Wildman–Crippen MR) is 48.6 cm³/mol. The van der Waals surface area contributed by atoms with Crippen LogP contribution in [0.4, 0.5) is 4.79 Å². The number of nitrogens with zero attached hydrogens (tertiary/aromatic N) is 1. The van der Waals surface area contributed by atoms with E-state index >= 15 is 0 Å². The second kappa shape index (κ2) is 4.45. The lowest BCUT2D eigenvalue weighted by atomic mass is 10.2. The molecule has 1 rings (SSSR count). The molecule has 13 heavy (non-hydrogen) atoms. The van der Waals surface area contributed by atoms with E-state index in [4.69, 9.17) is 5.11 Å². The van der Waals surface area contributed by atoms with Crippen molar-refractivity contribution in [2.45, 2.75) is 19.4 Å². The van der Waals surface area contributed by atoms with E-state index in [-0.39, 0.29) is 6.04 Å². The maximum atomic E-state index is 10.3. The maximum absolute atomic E-state index is 10.3. The zero-order valence-electron chi connectivity index (χ0n) is 7.40. The van der Waals surface area contributed by atoms with Crippen molar-refractivity contribution in [2.75, 3.05) is 0 Å². The molecular formula is C9H12N2O2. The molecule has 0 aliphatic rings. The summed E-state index contributed by atoms with van der Waals surface area (Å²) in [6.45, 7) is 1.81. The lowest BCUT2D eigenvalue weighted by Gasteiger charge is -2.09. The van der Waals surface area contributed by atoms with E-state index in [1.54, 1.807) is 6.20 Å². The molecule has 0 unspecified atom stereocenters. The van der Waals surface area contributed by atoms with Crippen LogP contribution in [0.3, 0.4) is 0 Å². The summed E-state index contributed by atoms with van der Waals surface area (Å²) >= 11 is 0. The Morgan fingerprint density at radius 2 is 2.46 bits per heavy atom. The van der Waals surface area contributed by atoms with Crippen LogP contribution in [0.1, 0.15) is 12.6 Å². The van der Waals surface area contributed by atoms with Gasteiger partial charge in [0, 0.05) is 24.4 Å². The summed E-state index contributed by atoms with van der Waals surface area (Å²) in [5.41, 5.74) is 0.892. The van der Waals surface area contributed by atoms with Crippen molar-refractivity contribution in [2.24, 2.45) is 0 Å². The third kappa shape index (κ3) is 3.55. The highest BCUT2D eigenvalue weighted by Crippen LogP contribution is 1.98. The number of amides is 1. The summed E-state index contributed by atoms with van der Waals surface area (Å²) in [5, 5.41) is 10.8. The molecule has 4 heteroatoms. The van der Waals surface area contributed by atoms with Crippen molar-refractivity contribution >= 4 is 6.09 Å². The monoisotopic (exact) mass is 180 g/mol. The molecule has 0 saturated heterocycles. The van der Waals surface area contributed by atoms with E-state index in [2.05, 4.69) is 10.3 Å². The third-order valence-electron chi connectivity index (χ3n) is 1.61. The van der Waals surface area contributed by atoms with Gasteiger partial charge in [0.05, 0.1) is 0 Å². The second-order valence-electron chi connectivity index (χ2n) is 2.88. The van der Waals surface area contributed by atoms with Gasteiger partial charge in [-0.15, -0.1) is 0 Å². The molecule has 0 fully saturated rings. The SMILES string of the molecule is C[C@H](Cc1ccccn1)NC(=O)O. The molecule has 0 aromatic carbocycles. The number of aromatic nitrogens is 1. The Morgan fingerprint density at radius 1 is 1.69 bits per heavy atom. The summed E-state index contributed by atoms with van der Waals surface area (Å²) in [6, 6.07) is 5.49. The molecule has 0 radical (unpaired) electrons. The van der Waals surface area contributed by atoms with Gasteiger partial charge in [0.25, 0.3) is 0 Å². The zero-order valence-corrected chi connectivity index (χ0v) is 7.40. The highest BCUT2D eigenvalue weighted by atomic mass is 16.4. The van der Waals surface area contributed by atoms with Crippen LogP contribution in [0.5, 0.6) is 0 Å². The Morgan fingerprint density at radius 3 is 3.00 bits per heavy atom. The van der Waals surface area contributed by atoms with Crippen molar-refractivity contribution < 1.29 is 9.90 Å². The quantitative estimate of drug-likeness (QED) is 0.736. The molecule has 2 N–H and O–H groups in total. The van der Waals surface area contributed by atoms with Crippen LogP contribution in [0.15, 0.2) is 24.4 Å². The summed E-state index contributed by atoms with van der Waals surface area (Å²) in [5.74, 6) is 0. The number of rotatable bonds is 3. The van der Waals surface area contributed by atoms with Gasteiger partial charge in [0.1, 0.15) is 0 Å². The predicted octanol–water partition coefficient (Wildman–Crippen LogP) is 1.28. The van der Waals surface area contributed by atoms with Gasteiger partial charge in [0.2, 0.25) is 0 Å². The van der Waals surface area contributed by atoms with Crippen LogP contribution in [0.25, 0.3) is 0 Å². The topological polar surface area (TPSA) is 62.2 Å². The molecular weight excluding hydrogens is 168 g/mol. The number of hydrogen-bond donors (Lipinski definition) is 2. The smallest absolute Gasteiger partial charge is 0.404 e. The van der Waals surface area contributed by atoms with E-state index in [0.717, 1.165) is 5.69 Å². The Hall–Kier alpha value is -1.58. The van der Waals surface area contributed by atoms with E-state index in [1.165, 1.54) is 0 Å². The fourth-order valence-electron chi connectivity index (χ4n) is 1.09. The molecule has 0 saturated carbocycles. The van der Waals surface area contributed by atoms with Crippen LogP contribution >= 0.6 is 0 Å². The van der Waals surface area contributed by atoms with Gasteiger partial charge in [0.15, 0.2) is 0 Å². The van der Waals surface area contributed by atoms with Crippen LogP contribution in [0.2, 0.25) is 0 Å². The number of carbonyl (C=O) groups is 1. The van der Waals surface area contributed by atoms with E-state index < -0.39 is 6.09 Å². The molecule has 4 nitrogen and oxygen atoms in total. The van der Waals surface area contributed by atoms with Gasteiger partial charge < -0.3 is 10.4 Å².